The summed E-state index contributed by atoms with van der Waals surface area (Å²) in [4.78, 5) is 15.8. The smallest absolute Gasteiger partial charge is 0.405 e. The molecule has 1 aromatic rings. The Labute approximate surface area is 157 Å². The molecule has 6 nitrogen and oxygen atoms in total. The van der Waals surface area contributed by atoms with E-state index in [1.165, 1.54) is 4.90 Å². The minimum absolute atomic E-state index is 0.234. The maximum Gasteiger partial charge on any atom is 0.405 e. The molecule has 0 bridgehead atoms. The number of amides is 1. The Hall–Kier alpha value is -1.84. The molecule has 1 aromatic carbocycles. The highest BCUT2D eigenvalue weighted by atomic mass is 19.4. The van der Waals surface area contributed by atoms with E-state index in [0.717, 1.165) is 0 Å². The lowest BCUT2D eigenvalue weighted by atomic mass is 10.1. The molecule has 1 amide bonds. The molecule has 9 heteroatoms. The summed E-state index contributed by atoms with van der Waals surface area (Å²) in [7, 11) is 3.80. The van der Waals surface area contributed by atoms with Crippen LogP contribution in [0, 0.1) is 0 Å². The summed E-state index contributed by atoms with van der Waals surface area (Å²) in [6.07, 6.45) is -4.41. The second kappa shape index (κ2) is 9.91. The van der Waals surface area contributed by atoms with Gasteiger partial charge in [-0.1, -0.05) is 12.1 Å². The van der Waals surface area contributed by atoms with Crippen molar-refractivity contribution in [3.63, 3.8) is 0 Å². The maximum absolute atomic E-state index is 13.4. The largest absolute Gasteiger partial charge is 0.491 e. The van der Waals surface area contributed by atoms with Crippen LogP contribution >= 0.6 is 0 Å². The molecule has 2 N–H and O–H groups in total. The van der Waals surface area contributed by atoms with E-state index < -0.39 is 24.7 Å². The zero-order chi connectivity index (χ0) is 19.9. The number of halogens is 3. The van der Waals surface area contributed by atoms with Crippen LogP contribution in [0.15, 0.2) is 24.3 Å². The molecule has 2 rings (SSSR count). The molecule has 0 aromatic heterocycles. The van der Waals surface area contributed by atoms with Gasteiger partial charge < -0.3 is 20.3 Å². The minimum atomic E-state index is -4.41. The van der Waals surface area contributed by atoms with Gasteiger partial charge in [-0.05, 0) is 26.2 Å². The number of piperazine rings is 1. The maximum atomic E-state index is 13.4. The summed E-state index contributed by atoms with van der Waals surface area (Å²) in [5.74, 6) is -0.206. The van der Waals surface area contributed by atoms with Crippen LogP contribution < -0.4 is 15.4 Å². The second-order valence-electron chi connectivity index (χ2n) is 6.70. The highest BCUT2D eigenvalue weighted by molar-refractivity contribution is 5.96. The van der Waals surface area contributed by atoms with Crippen molar-refractivity contribution in [2.45, 2.75) is 12.2 Å². The van der Waals surface area contributed by atoms with E-state index in [1.54, 1.807) is 24.3 Å². The van der Waals surface area contributed by atoms with E-state index >= 15 is 0 Å². The molecule has 1 fully saturated rings. The number of carbonyl (C=O) groups excluding carboxylic acids is 1. The predicted molar refractivity (Wildman–Crippen MR) is 97.1 cm³/mol. The molecule has 1 saturated heterocycles. The number of benzene rings is 1. The second-order valence-corrected chi connectivity index (χ2v) is 6.70. The highest BCUT2D eigenvalue weighted by Crippen LogP contribution is 2.25. The zero-order valence-electron chi connectivity index (χ0n) is 15.7. The Balaban J connectivity index is 2.00. The number of likely N-dealkylation sites (N-methyl/N-ethyl adjacent to an activating group) is 1. The number of alkyl halides is 3. The number of ether oxygens (including phenoxy) is 1. The number of carbonyl (C=O) groups is 1. The average molecular weight is 388 g/mol. The Bertz CT molecular complexity index is 605. The van der Waals surface area contributed by atoms with Crippen LogP contribution in [-0.2, 0) is 0 Å². The first-order valence-corrected chi connectivity index (χ1v) is 8.95. The number of para-hydroxylation sites is 1. The predicted octanol–water partition coefficient (Wildman–Crippen LogP) is 1.19. The average Bonchev–Trinajstić information content (AvgIpc) is 2.61. The topological polar surface area (TPSA) is 56.8 Å². The van der Waals surface area contributed by atoms with Crippen LogP contribution in [0.4, 0.5) is 13.2 Å². The van der Waals surface area contributed by atoms with Crippen molar-refractivity contribution in [2.24, 2.45) is 0 Å². The van der Waals surface area contributed by atoms with Crippen molar-refractivity contribution >= 4 is 5.91 Å². The van der Waals surface area contributed by atoms with Crippen molar-refractivity contribution in [3.05, 3.63) is 29.8 Å². The molecular formula is C18H27F3N4O2. The summed E-state index contributed by atoms with van der Waals surface area (Å²) in [5.41, 5.74) is 0.234. The van der Waals surface area contributed by atoms with Crippen LogP contribution in [0.25, 0.3) is 0 Å². The molecule has 0 spiro atoms. The lowest BCUT2D eigenvalue weighted by Gasteiger charge is -2.35. The molecule has 27 heavy (non-hydrogen) atoms. The van der Waals surface area contributed by atoms with E-state index in [0.29, 0.717) is 45.1 Å². The van der Waals surface area contributed by atoms with Gasteiger partial charge in [0.05, 0.1) is 5.56 Å². The normalized spacial score (nSPS) is 17.0. The highest BCUT2D eigenvalue weighted by Gasteiger charge is 2.43. The van der Waals surface area contributed by atoms with Crippen LogP contribution in [0.2, 0.25) is 0 Å². The summed E-state index contributed by atoms with van der Waals surface area (Å²) in [6.45, 7) is 2.15. The zero-order valence-corrected chi connectivity index (χ0v) is 15.7. The van der Waals surface area contributed by atoms with Gasteiger partial charge in [-0.3, -0.25) is 9.69 Å². The number of nitrogens with zero attached hydrogens (tertiary/aromatic N) is 2. The van der Waals surface area contributed by atoms with Gasteiger partial charge in [0.15, 0.2) is 0 Å². The summed E-state index contributed by atoms with van der Waals surface area (Å²) in [6, 6.07) is 4.87. The van der Waals surface area contributed by atoms with Crippen LogP contribution in [0.1, 0.15) is 10.4 Å². The fraction of sp³-hybridized carbons (Fsp3) is 0.611. The van der Waals surface area contributed by atoms with Gasteiger partial charge in [0.25, 0.3) is 5.91 Å². The van der Waals surface area contributed by atoms with Crippen molar-refractivity contribution in [1.29, 1.82) is 0 Å². The molecule has 152 valence electrons. The van der Waals surface area contributed by atoms with Crippen LogP contribution in [0.5, 0.6) is 5.75 Å². The lowest BCUT2D eigenvalue weighted by Crippen LogP contribution is -2.57. The number of nitrogens with one attached hydrogen (secondary N) is 2. The van der Waals surface area contributed by atoms with Gasteiger partial charge in [0.1, 0.15) is 18.4 Å². The van der Waals surface area contributed by atoms with Crippen LogP contribution in [0.3, 0.4) is 0 Å². The minimum Gasteiger partial charge on any atom is -0.491 e. The molecule has 1 atom stereocenters. The summed E-state index contributed by atoms with van der Waals surface area (Å²) < 4.78 is 45.9. The van der Waals surface area contributed by atoms with Gasteiger partial charge in [0, 0.05) is 39.3 Å². The number of hydrogen-bond acceptors (Lipinski definition) is 5. The third-order valence-electron chi connectivity index (χ3n) is 4.35. The lowest BCUT2D eigenvalue weighted by molar-refractivity contribution is -0.183. The molecule has 0 radical (unpaired) electrons. The van der Waals surface area contributed by atoms with Gasteiger partial charge in [-0.15, -0.1) is 0 Å². The standard InChI is InChI=1S/C18H27F3N4O2/c1-24(2)11-12-27-15-6-4-3-5-14(15)17(26)23-13-16(18(19,20)21)25-9-7-22-8-10-25/h3-6,16,22H,7-13H2,1-2H3,(H,23,26). The van der Waals surface area contributed by atoms with Gasteiger partial charge in [0.2, 0.25) is 0 Å². The van der Waals surface area contributed by atoms with E-state index in [1.807, 2.05) is 19.0 Å². The Morgan fingerprint density at radius 1 is 1.30 bits per heavy atom. The van der Waals surface area contributed by atoms with Gasteiger partial charge in [-0.2, -0.15) is 13.2 Å². The van der Waals surface area contributed by atoms with Crippen LogP contribution in [-0.4, -0.2) is 87.9 Å². The van der Waals surface area contributed by atoms with Crippen molar-refractivity contribution in [1.82, 2.24) is 20.4 Å². The molecule has 1 unspecified atom stereocenters. The molecule has 0 saturated carbocycles. The third kappa shape index (κ3) is 6.67. The first-order valence-electron chi connectivity index (χ1n) is 8.95. The third-order valence-corrected chi connectivity index (χ3v) is 4.35. The van der Waals surface area contributed by atoms with E-state index in [-0.39, 0.29) is 5.56 Å². The first-order chi connectivity index (χ1) is 12.8. The van der Waals surface area contributed by atoms with Crippen molar-refractivity contribution in [2.75, 3.05) is 60.0 Å². The fourth-order valence-corrected chi connectivity index (χ4v) is 2.85. The van der Waals surface area contributed by atoms with Crippen molar-refractivity contribution < 1.29 is 22.7 Å². The quantitative estimate of drug-likeness (QED) is 0.701. The molecular weight excluding hydrogens is 361 g/mol. The molecule has 1 aliphatic rings. The monoisotopic (exact) mass is 388 g/mol. The Morgan fingerprint density at radius 3 is 2.59 bits per heavy atom. The summed E-state index contributed by atoms with van der Waals surface area (Å²) >= 11 is 0. The van der Waals surface area contributed by atoms with E-state index in [2.05, 4.69) is 10.6 Å². The molecule has 1 heterocycles. The number of hydrogen-bond donors (Lipinski definition) is 2. The van der Waals surface area contributed by atoms with E-state index in [9.17, 15) is 18.0 Å². The first kappa shape index (κ1) is 21.5. The summed E-state index contributed by atoms with van der Waals surface area (Å²) in [5, 5.41) is 5.46. The van der Waals surface area contributed by atoms with Crippen molar-refractivity contribution in [3.8, 4) is 5.75 Å². The number of rotatable bonds is 8. The Kier molecular flexibility index (Phi) is 7.88. The fourth-order valence-electron chi connectivity index (χ4n) is 2.85. The Morgan fingerprint density at radius 2 is 1.96 bits per heavy atom. The van der Waals surface area contributed by atoms with Gasteiger partial charge in [-0.25, -0.2) is 0 Å². The van der Waals surface area contributed by atoms with Gasteiger partial charge >= 0.3 is 6.18 Å². The SMILES string of the molecule is CN(C)CCOc1ccccc1C(=O)NCC(N1CCNCC1)C(F)(F)F. The molecule has 0 aliphatic carbocycles. The molecule has 1 aliphatic heterocycles. The van der Waals surface area contributed by atoms with E-state index in [4.69, 9.17) is 4.74 Å².